The number of hydrogen-bond acceptors (Lipinski definition) is 7. The van der Waals surface area contributed by atoms with Gasteiger partial charge in [-0.25, -0.2) is 4.98 Å². The van der Waals surface area contributed by atoms with Gasteiger partial charge in [-0.15, -0.1) is 11.3 Å². The number of nitrogens with one attached hydrogen (secondary N) is 3. The van der Waals surface area contributed by atoms with Gasteiger partial charge in [0.25, 0.3) is 5.91 Å². The zero-order valence-electron chi connectivity index (χ0n) is 14.7. The number of nitrogens with two attached hydrogens (primary N) is 1. The fourth-order valence-corrected chi connectivity index (χ4v) is 3.89. The van der Waals surface area contributed by atoms with Crippen LogP contribution in [0.3, 0.4) is 0 Å². The van der Waals surface area contributed by atoms with Crippen LogP contribution in [0.4, 0.5) is 0 Å². The second-order valence-electron chi connectivity index (χ2n) is 5.85. The average Bonchev–Trinajstić information content (AvgIpc) is 3.18. The maximum absolute atomic E-state index is 12.7. The molecule has 0 aromatic carbocycles. The van der Waals surface area contributed by atoms with Gasteiger partial charge in [-0.05, 0) is 17.7 Å². The van der Waals surface area contributed by atoms with Gasteiger partial charge in [0, 0.05) is 56.1 Å². The van der Waals surface area contributed by atoms with E-state index in [1.807, 2.05) is 12.1 Å². The summed E-state index contributed by atoms with van der Waals surface area (Å²) >= 11 is 1.40. The molecule has 0 unspecified atom stereocenters. The Morgan fingerprint density at radius 2 is 2.26 bits per heavy atom. The number of nitrogens with zero attached hydrogens (tertiary/aromatic N) is 3. The lowest BCUT2D eigenvalue weighted by molar-refractivity contribution is 0.0943. The molecule has 3 aromatic rings. The summed E-state index contributed by atoms with van der Waals surface area (Å²) in [7, 11) is 1.76. The quantitative estimate of drug-likeness (QED) is 0.466. The van der Waals surface area contributed by atoms with E-state index in [9.17, 15) is 4.79 Å². The van der Waals surface area contributed by atoms with Crippen molar-refractivity contribution in [2.75, 3.05) is 0 Å². The molecular formula is C18H19N7OS. The summed E-state index contributed by atoms with van der Waals surface area (Å²) < 4.78 is 2.47. The van der Waals surface area contributed by atoms with Crippen molar-refractivity contribution in [3.8, 4) is 0 Å². The molecule has 3 rings (SSSR count). The molecular weight excluding hydrogens is 362 g/mol. The molecule has 0 aliphatic carbocycles. The van der Waals surface area contributed by atoms with Crippen LogP contribution in [0, 0.1) is 10.8 Å². The molecule has 0 fully saturated rings. The first-order valence-electron chi connectivity index (χ1n) is 8.16. The van der Waals surface area contributed by atoms with E-state index in [1.54, 1.807) is 24.0 Å². The highest BCUT2D eigenvalue weighted by Gasteiger charge is 2.23. The summed E-state index contributed by atoms with van der Waals surface area (Å²) in [6.45, 7) is 0.354. The van der Waals surface area contributed by atoms with E-state index in [-0.39, 0.29) is 5.91 Å². The predicted octanol–water partition coefficient (Wildman–Crippen LogP) is 1.99. The minimum Gasteiger partial charge on any atom is -0.402 e. The highest BCUT2D eigenvalue weighted by Crippen LogP contribution is 2.30. The van der Waals surface area contributed by atoms with Crippen molar-refractivity contribution in [1.82, 2.24) is 19.9 Å². The number of amides is 1. The Kier molecular flexibility index (Phi) is 5.41. The highest BCUT2D eigenvalue weighted by molar-refractivity contribution is 7.19. The Labute approximate surface area is 159 Å². The minimum atomic E-state index is -0.269. The topological polar surface area (TPSA) is 134 Å². The molecule has 5 N–H and O–H groups in total. The Bertz CT molecular complexity index is 1030. The number of hydrogen-bond donors (Lipinski definition) is 4. The first kappa shape index (κ1) is 18.5. The maximum atomic E-state index is 12.7. The third-order valence-corrected chi connectivity index (χ3v) is 5.07. The van der Waals surface area contributed by atoms with E-state index in [0.29, 0.717) is 35.6 Å². The smallest absolute Gasteiger partial charge is 0.268 e. The molecule has 1 amide bonds. The lowest BCUT2D eigenvalue weighted by Crippen LogP contribution is -2.26. The third-order valence-electron chi connectivity index (χ3n) is 3.99. The molecule has 27 heavy (non-hydrogen) atoms. The van der Waals surface area contributed by atoms with E-state index in [0.717, 1.165) is 21.5 Å². The zero-order valence-corrected chi connectivity index (χ0v) is 15.5. The van der Waals surface area contributed by atoms with Crippen LogP contribution in [0.25, 0.3) is 10.3 Å². The number of rotatable bonds is 7. The van der Waals surface area contributed by atoms with Crippen LogP contribution in [0.1, 0.15) is 26.6 Å². The monoisotopic (exact) mass is 381 g/mol. The van der Waals surface area contributed by atoms with E-state index in [2.05, 4.69) is 15.3 Å². The van der Waals surface area contributed by atoms with Crippen molar-refractivity contribution in [1.29, 1.82) is 10.8 Å². The molecule has 3 aromatic heterocycles. The SMILES string of the molecule is Cn1c(C(=O)NCc2cccnc2)c(C=N)c2sc(CC(N)=CC=N)nc21. The number of carbonyl (C=O) groups excluding carboxylic acids is 1. The van der Waals surface area contributed by atoms with Crippen molar-refractivity contribution in [2.45, 2.75) is 13.0 Å². The van der Waals surface area contributed by atoms with E-state index >= 15 is 0 Å². The van der Waals surface area contributed by atoms with Gasteiger partial charge in [0.15, 0.2) is 5.65 Å². The number of fused-ring (bicyclic) bond motifs is 1. The maximum Gasteiger partial charge on any atom is 0.268 e. The molecule has 0 atom stereocenters. The summed E-state index contributed by atoms with van der Waals surface area (Å²) in [6.07, 6.45) is 7.63. The van der Waals surface area contributed by atoms with Crippen molar-refractivity contribution >= 4 is 40.0 Å². The Morgan fingerprint density at radius 1 is 1.44 bits per heavy atom. The Balaban J connectivity index is 1.89. The number of aromatic nitrogens is 3. The van der Waals surface area contributed by atoms with E-state index in [1.165, 1.54) is 23.6 Å². The molecule has 0 aliphatic heterocycles. The van der Waals surface area contributed by atoms with Crippen LogP contribution in [0.2, 0.25) is 0 Å². The van der Waals surface area contributed by atoms with Crippen LogP contribution in [-0.4, -0.2) is 32.9 Å². The fraction of sp³-hybridized carbons (Fsp3) is 0.167. The molecule has 9 heteroatoms. The standard InChI is InChI=1S/C18H19N7OS/c1-25-15(18(26)23-10-11-3-2-6-22-9-11)13(8-20)16-17(25)24-14(27-16)7-12(21)4-5-19/h2-6,8-9,19-20H,7,10,21H2,1H3,(H,23,26). The fourth-order valence-electron chi connectivity index (χ4n) is 2.75. The molecule has 0 aliphatic rings. The van der Waals surface area contributed by atoms with Gasteiger partial charge >= 0.3 is 0 Å². The van der Waals surface area contributed by atoms with Gasteiger partial charge in [0.2, 0.25) is 0 Å². The summed E-state index contributed by atoms with van der Waals surface area (Å²) in [4.78, 5) is 21.3. The van der Waals surface area contributed by atoms with Crippen LogP contribution < -0.4 is 11.1 Å². The normalized spacial score (nSPS) is 11.5. The summed E-state index contributed by atoms with van der Waals surface area (Å²) in [5, 5.41) is 18.5. The molecule has 0 bridgehead atoms. The first-order valence-corrected chi connectivity index (χ1v) is 8.97. The van der Waals surface area contributed by atoms with Crippen molar-refractivity contribution < 1.29 is 4.79 Å². The van der Waals surface area contributed by atoms with Crippen LogP contribution in [0.15, 0.2) is 36.3 Å². The third kappa shape index (κ3) is 3.77. The van der Waals surface area contributed by atoms with Gasteiger partial charge in [0.05, 0.1) is 4.70 Å². The van der Waals surface area contributed by atoms with Gasteiger partial charge in [-0.1, -0.05) is 6.07 Å². The van der Waals surface area contributed by atoms with Crippen LogP contribution >= 0.6 is 11.3 Å². The Hall–Kier alpha value is -3.33. The molecule has 3 heterocycles. The lowest BCUT2D eigenvalue weighted by atomic mass is 10.2. The number of aryl methyl sites for hydroxylation is 1. The summed E-state index contributed by atoms with van der Waals surface area (Å²) in [5.74, 6) is -0.269. The van der Waals surface area contributed by atoms with Gasteiger partial charge in [-0.2, -0.15) is 0 Å². The molecule has 8 nitrogen and oxygen atoms in total. The van der Waals surface area contributed by atoms with Gasteiger partial charge in [0.1, 0.15) is 10.7 Å². The van der Waals surface area contributed by atoms with Gasteiger partial charge < -0.3 is 26.4 Å². The number of carbonyl (C=O) groups is 1. The number of allylic oxidation sites excluding steroid dienone is 2. The second kappa shape index (κ2) is 7.92. The minimum absolute atomic E-state index is 0.269. The summed E-state index contributed by atoms with van der Waals surface area (Å²) in [5.41, 5.74) is 8.85. The molecule has 0 radical (unpaired) electrons. The molecule has 0 saturated heterocycles. The van der Waals surface area contributed by atoms with Crippen molar-refractivity contribution in [3.63, 3.8) is 0 Å². The van der Waals surface area contributed by atoms with Crippen molar-refractivity contribution in [2.24, 2.45) is 12.8 Å². The average molecular weight is 381 g/mol. The van der Waals surface area contributed by atoms with Gasteiger partial charge in [-0.3, -0.25) is 9.78 Å². The lowest BCUT2D eigenvalue weighted by Gasteiger charge is -2.07. The molecule has 138 valence electrons. The molecule has 0 spiro atoms. The van der Waals surface area contributed by atoms with E-state index < -0.39 is 0 Å². The Morgan fingerprint density at radius 3 is 2.93 bits per heavy atom. The van der Waals surface area contributed by atoms with E-state index in [4.69, 9.17) is 16.6 Å². The molecule has 0 saturated carbocycles. The largest absolute Gasteiger partial charge is 0.402 e. The van der Waals surface area contributed by atoms with Crippen LogP contribution in [0.5, 0.6) is 0 Å². The second-order valence-corrected chi connectivity index (χ2v) is 6.94. The predicted molar refractivity (Wildman–Crippen MR) is 107 cm³/mol. The van der Waals surface area contributed by atoms with Crippen molar-refractivity contribution in [3.05, 3.63) is 58.1 Å². The highest BCUT2D eigenvalue weighted by atomic mass is 32.1. The number of pyridine rings is 1. The first-order chi connectivity index (χ1) is 13.0. The summed E-state index contributed by atoms with van der Waals surface area (Å²) in [6, 6.07) is 3.70. The number of thiazole rings is 1. The zero-order chi connectivity index (χ0) is 19.4. The van der Waals surface area contributed by atoms with Crippen LogP contribution in [-0.2, 0) is 20.0 Å².